The molecule has 2 aliphatic heterocycles. The summed E-state index contributed by atoms with van der Waals surface area (Å²) in [6, 6.07) is 8.24. The highest BCUT2D eigenvalue weighted by atomic mass is 16.3. The predicted molar refractivity (Wildman–Crippen MR) is 115 cm³/mol. The van der Waals surface area contributed by atoms with Gasteiger partial charge in [-0.05, 0) is 42.2 Å². The molecule has 1 aliphatic carbocycles. The molecule has 2 heterocycles. The lowest BCUT2D eigenvalue weighted by Crippen LogP contribution is -2.55. The number of fused-ring (bicyclic) bond motifs is 1. The van der Waals surface area contributed by atoms with Crippen LogP contribution >= 0.6 is 0 Å². The Kier molecular flexibility index (Phi) is 6.03. The minimum atomic E-state index is -1.44. The second-order valence-electron chi connectivity index (χ2n) is 9.62. The van der Waals surface area contributed by atoms with Crippen molar-refractivity contribution in [1.29, 1.82) is 0 Å². The van der Waals surface area contributed by atoms with Gasteiger partial charge < -0.3 is 26.4 Å². The lowest BCUT2D eigenvalue weighted by atomic mass is 9.93. The van der Waals surface area contributed by atoms with E-state index < -0.39 is 18.1 Å². The maximum absolute atomic E-state index is 13.0. The highest BCUT2D eigenvalue weighted by Crippen LogP contribution is 2.62. The molecule has 1 aromatic rings. The quantitative estimate of drug-likeness (QED) is 0.397. The summed E-state index contributed by atoms with van der Waals surface area (Å²) in [7, 11) is 0. The van der Waals surface area contributed by atoms with E-state index in [9.17, 15) is 19.5 Å². The van der Waals surface area contributed by atoms with Gasteiger partial charge in [0.1, 0.15) is 0 Å². The molecule has 1 aromatic carbocycles. The van der Waals surface area contributed by atoms with Crippen molar-refractivity contribution < 1.29 is 19.5 Å². The van der Waals surface area contributed by atoms with Gasteiger partial charge in [-0.1, -0.05) is 44.2 Å². The Morgan fingerprint density at radius 1 is 1.26 bits per heavy atom. The molecule has 8 nitrogen and oxygen atoms in total. The highest BCUT2D eigenvalue weighted by molar-refractivity contribution is 5.87. The summed E-state index contributed by atoms with van der Waals surface area (Å²) in [6.07, 6.45) is -0.588. The van der Waals surface area contributed by atoms with Crippen molar-refractivity contribution in [2.75, 3.05) is 13.1 Å². The first-order valence-electron chi connectivity index (χ1n) is 11.1. The zero-order valence-corrected chi connectivity index (χ0v) is 18.1. The molecule has 2 saturated heterocycles. The molecule has 0 radical (unpaired) electrons. The molecule has 0 aromatic heterocycles. The number of nitrogens with one attached hydrogen (secondary N) is 4. The summed E-state index contributed by atoms with van der Waals surface area (Å²) in [5.41, 5.74) is 1.04. The van der Waals surface area contributed by atoms with Crippen LogP contribution in [-0.2, 0) is 20.9 Å². The molecule has 1 saturated carbocycles. The Balaban J connectivity index is 1.41. The van der Waals surface area contributed by atoms with E-state index in [2.05, 4.69) is 35.1 Å². The number of piperidine rings is 1. The summed E-state index contributed by atoms with van der Waals surface area (Å²) in [5, 5.41) is 22.5. The van der Waals surface area contributed by atoms with Gasteiger partial charge in [0.25, 0.3) is 5.91 Å². The van der Waals surface area contributed by atoms with Crippen molar-refractivity contribution in [3.8, 4) is 0 Å². The Bertz CT molecular complexity index is 843. The van der Waals surface area contributed by atoms with Gasteiger partial charge >= 0.3 is 0 Å². The molecule has 31 heavy (non-hydrogen) atoms. The molecule has 4 rings (SSSR count). The van der Waals surface area contributed by atoms with Gasteiger partial charge in [-0.15, -0.1) is 0 Å². The highest BCUT2D eigenvalue weighted by Gasteiger charge is 2.65. The first-order chi connectivity index (χ1) is 14.8. The third kappa shape index (κ3) is 4.45. The van der Waals surface area contributed by atoms with Crippen molar-refractivity contribution in [1.82, 2.24) is 21.3 Å². The third-order valence-electron chi connectivity index (χ3n) is 7.33. The minimum Gasteiger partial charge on any atom is -0.381 e. The molecule has 6 atom stereocenters. The average molecular weight is 429 g/mol. The zero-order chi connectivity index (χ0) is 22.2. The molecule has 3 fully saturated rings. The number of hydrogen-bond acceptors (Lipinski definition) is 5. The molecular weight excluding hydrogens is 396 g/mol. The molecule has 5 N–H and O–H groups in total. The van der Waals surface area contributed by atoms with E-state index in [0.29, 0.717) is 18.9 Å². The van der Waals surface area contributed by atoms with Crippen LogP contribution in [0.4, 0.5) is 0 Å². The minimum absolute atomic E-state index is 0.0986. The molecular formula is C23H32N4O4. The first-order valence-corrected chi connectivity index (χ1v) is 11.1. The molecule has 168 valence electrons. The summed E-state index contributed by atoms with van der Waals surface area (Å²) in [5.74, 6) is -0.469. The standard InChI is InChI=1S/C23H32N4O4/c1-23(2)15-12-25-18(17(15)23)21(30)27-16(10-14-8-9-24-20(14)29)19(28)22(31)26-11-13-6-4-3-5-7-13/h3-7,14-19,25,28H,8-12H2,1-2H3,(H,24,29)(H,26,31)(H,27,30)/t14-,15-,16-,17-,18-,19?/m0/s1. The topological polar surface area (TPSA) is 120 Å². The van der Waals surface area contributed by atoms with Crippen LogP contribution in [0.5, 0.6) is 0 Å². The SMILES string of the molecule is CC1(C)[C@@H]2[C@@H](C(=O)N[C@@H](C[C@@H]3CCNC3=O)C(O)C(=O)NCc3ccccc3)NC[C@@H]21. The van der Waals surface area contributed by atoms with Gasteiger partial charge in [0.15, 0.2) is 6.10 Å². The fourth-order valence-electron chi connectivity index (χ4n) is 5.26. The largest absolute Gasteiger partial charge is 0.381 e. The van der Waals surface area contributed by atoms with Crippen LogP contribution in [0.3, 0.4) is 0 Å². The molecule has 1 unspecified atom stereocenters. The number of amides is 3. The van der Waals surface area contributed by atoms with Gasteiger partial charge in [-0.3, -0.25) is 14.4 Å². The average Bonchev–Trinajstić information content (AvgIpc) is 3.15. The fraction of sp³-hybridized carbons (Fsp3) is 0.609. The van der Waals surface area contributed by atoms with Crippen molar-refractivity contribution in [2.24, 2.45) is 23.2 Å². The maximum Gasteiger partial charge on any atom is 0.251 e. The zero-order valence-electron chi connectivity index (χ0n) is 18.1. The summed E-state index contributed by atoms with van der Waals surface area (Å²) >= 11 is 0. The normalized spacial score (nSPS) is 30.1. The lowest BCUT2D eigenvalue weighted by molar-refractivity contribution is -0.134. The Labute approximate surface area is 182 Å². The number of aliphatic hydroxyl groups excluding tert-OH is 1. The van der Waals surface area contributed by atoms with E-state index in [-0.39, 0.29) is 48.1 Å². The third-order valence-corrected chi connectivity index (χ3v) is 7.33. The molecule has 0 bridgehead atoms. The van der Waals surface area contributed by atoms with Crippen LogP contribution in [0.1, 0.15) is 32.3 Å². The van der Waals surface area contributed by atoms with E-state index >= 15 is 0 Å². The van der Waals surface area contributed by atoms with E-state index in [1.54, 1.807) is 0 Å². The summed E-state index contributed by atoms with van der Waals surface area (Å²) in [6.45, 7) is 5.98. The van der Waals surface area contributed by atoms with E-state index in [1.807, 2.05) is 30.3 Å². The monoisotopic (exact) mass is 428 g/mol. The van der Waals surface area contributed by atoms with E-state index in [0.717, 1.165) is 12.1 Å². The summed E-state index contributed by atoms with van der Waals surface area (Å²) < 4.78 is 0. The molecule has 8 heteroatoms. The van der Waals surface area contributed by atoms with Crippen LogP contribution in [0, 0.1) is 23.2 Å². The van der Waals surface area contributed by atoms with Crippen LogP contribution in [0.25, 0.3) is 0 Å². The first kappa shape index (κ1) is 21.8. The number of carbonyl (C=O) groups is 3. The van der Waals surface area contributed by atoms with E-state index in [1.165, 1.54) is 0 Å². The summed E-state index contributed by atoms with van der Waals surface area (Å²) in [4.78, 5) is 37.8. The fourth-order valence-corrected chi connectivity index (χ4v) is 5.26. The van der Waals surface area contributed by atoms with Gasteiger partial charge in [0, 0.05) is 19.0 Å². The van der Waals surface area contributed by atoms with Gasteiger partial charge in [0.05, 0.1) is 12.1 Å². The van der Waals surface area contributed by atoms with Crippen molar-refractivity contribution in [3.63, 3.8) is 0 Å². The predicted octanol–water partition coefficient (Wildman–Crippen LogP) is -0.0813. The Morgan fingerprint density at radius 3 is 2.61 bits per heavy atom. The Hall–Kier alpha value is -2.45. The molecule has 0 spiro atoms. The number of rotatable bonds is 8. The van der Waals surface area contributed by atoms with Crippen LogP contribution < -0.4 is 21.3 Å². The van der Waals surface area contributed by atoms with Gasteiger partial charge in [0.2, 0.25) is 11.8 Å². The maximum atomic E-state index is 13.0. The van der Waals surface area contributed by atoms with Crippen molar-refractivity contribution in [3.05, 3.63) is 35.9 Å². The smallest absolute Gasteiger partial charge is 0.251 e. The number of aliphatic hydroxyl groups is 1. The van der Waals surface area contributed by atoms with E-state index in [4.69, 9.17) is 0 Å². The number of benzene rings is 1. The van der Waals surface area contributed by atoms with Gasteiger partial charge in [-0.25, -0.2) is 0 Å². The van der Waals surface area contributed by atoms with Crippen LogP contribution in [-0.4, -0.2) is 54.1 Å². The van der Waals surface area contributed by atoms with Gasteiger partial charge in [-0.2, -0.15) is 0 Å². The second kappa shape index (κ2) is 8.59. The van der Waals surface area contributed by atoms with Crippen LogP contribution in [0.2, 0.25) is 0 Å². The van der Waals surface area contributed by atoms with Crippen molar-refractivity contribution >= 4 is 17.7 Å². The molecule has 3 aliphatic rings. The van der Waals surface area contributed by atoms with Crippen molar-refractivity contribution in [2.45, 2.75) is 51.4 Å². The lowest BCUT2D eigenvalue weighted by Gasteiger charge is -2.28. The second-order valence-corrected chi connectivity index (χ2v) is 9.62. The Morgan fingerprint density at radius 2 is 2.00 bits per heavy atom. The number of carbonyl (C=O) groups excluding carboxylic acids is 3. The molecule has 3 amide bonds. The van der Waals surface area contributed by atoms with Crippen LogP contribution in [0.15, 0.2) is 30.3 Å². The number of hydrogen-bond donors (Lipinski definition) is 5.